The minimum atomic E-state index is 0.189. The molecule has 6 nitrogen and oxygen atoms in total. The number of hydrogen-bond acceptors (Lipinski definition) is 5. The molecule has 4 rings (SSSR count). The van der Waals surface area contributed by atoms with Gasteiger partial charge in [-0.05, 0) is 56.3 Å². The number of piperazine rings is 1. The second-order valence-corrected chi connectivity index (χ2v) is 8.27. The van der Waals surface area contributed by atoms with E-state index in [1.807, 2.05) is 12.3 Å². The second kappa shape index (κ2) is 7.92. The van der Waals surface area contributed by atoms with Gasteiger partial charge in [0.25, 0.3) is 0 Å². The Morgan fingerprint density at radius 2 is 1.96 bits per heavy atom. The highest BCUT2D eigenvalue weighted by Gasteiger charge is 2.34. The van der Waals surface area contributed by atoms with E-state index >= 15 is 0 Å². The first kappa shape index (κ1) is 17.7. The molecule has 0 saturated carbocycles. The van der Waals surface area contributed by atoms with Gasteiger partial charge in [-0.3, -0.25) is 4.79 Å². The Morgan fingerprint density at radius 3 is 2.69 bits per heavy atom. The van der Waals surface area contributed by atoms with Crippen molar-refractivity contribution in [3.8, 4) is 0 Å². The number of nitrogens with one attached hydrogen (secondary N) is 2. The molecule has 142 valence electrons. The van der Waals surface area contributed by atoms with Crippen LogP contribution < -0.4 is 15.5 Å². The number of anilines is 1. The molecule has 1 aromatic rings. The second-order valence-electron chi connectivity index (χ2n) is 8.27. The lowest BCUT2D eigenvalue weighted by Crippen LogP contribution is -2.44. The molecule has 1 aromatic heterocycles. The lowest BCUT2D eigenvalue weighted by molar-refractivity contribution is -0.122. The number of carbonyl (C=O) groups excluding carboxylic acids is 1. The predicted octanol–water partition coefficient (Wildman–Crippen LogP) is 1.37. The third-order valence-electron chi connectivity index (χ3n) is 6.17. The zero-order valence-corrected chi connectivity index (χ0v) is 15.8. The van der Waals surface area contributed by atoms with E-state index in [1.165, 1.54) is 12.8 Å². The zero-order chi connectivity index (χ0) is 17.9. The molecule has 2 N–H and O–H groups in total. The minimum absolute atomic E-state index is 0.189. The van der Waals surface area contributed by atoms with Crippen LogP contribution in [0.4, 0.5) is 5.82 Å². The van der Waals surface area contributed by atoms with Gasteiger partial charge in [-0.25, -0.2) is 4.98 Å². The number of fused-ring (bicyclic) bond motifs is 2. The van der Waals surface area contributed by atoms with Crippen LogP contribution in [0.2, 0.25) is 0 Å². The fourth-order valence-electron chi connectivity index (χ4n) is 4.66. The number of piperidine rings is 1. The number of hydrogen-bond donors (Lipinski definition) is 2. The van der Waals surface area contributed by atoms with Crippen molar-refractivity contribution >= 4 is 11.7 Å². The largest absolute Gasteiger partial charge is 0.354 e. The summed E-state index contributed by atoms with van der Waals surface area (Å²) in [5, 5.41) is 6.76. The summed E-state index contributed by atoms with van der Waals surface area (Å²) in [6.07, 6.45) is 7.42. The topological polar surface area (TPSA) is 60.5 Å². The summed E-state index contributed by atoms with van der Waals surface area (Å²) in [4.78, 5) is 21.6. The molecule has 3 aliphatic rings. The van der Waals surface area contributed by atoms with Gasteiger partial charge >= 0.3 is 0 Å². The first-order valence-electron chi connectivity index (χ1n) is 10.1. The summed E-state index contributed by atoms with van der Waals surface area (Å²) in [7, 11) is 2.16. The van der Waals surface area contributed by atoms with Crippen molar-refractivity contribution in [2.24, 2.45) is 5.92 Å². The van der Waals surface area contributed by atoms with E-state index in [2.05, 4.69) is 38.5 Å². The van der Waals surface area contributed by atoms with Crippen LogP contribution in [0.5, 0.6) is 0 Å². The average Bonchev–Trinajstić information content (AvgIpc) is 2.99. The molecular weight excluding hydrogens is 326 g/mol. The Labute approximate surface area is 156 Å². The Hall–Kier alpha value is -1.66. The Morgan fingerprint density at radius 1 is 1.23 bits per heavy atom. The maximum Gasteiger partial charge on any atom is 0.220 e. The maximum atomic E-state index is 12.4. The van der Waals surface area contributed by atoms with Crippen LogP contribution in [0.15, 0.2) is 18.3 Å². The Balaban J connectivity index is 1.26. The van der Waals surface area contributed by atoms with E-state index in [-0.39, 0.29) is 5.91 Å². The number of aromatic nitrogens is 1. The summed E-state index contributed by atoms with van der Waals surface area (Å²) in [5.41, 5.74) is 1.13. The fourth-order valence-corrected chi connectivity index (χ4v) is 4.66. The molecule has 0 aliphatic carbocycles. The molecule has 3 fully saturated rings. The lowest BCUT2D eigenvalue weighted by atomic mass is 9.89. The van der Waals surface area contributed by atoms with E-state index < -0.39 is 0 Å². The summed E-state index contributed by atoms with van der Waals surface area (Å²) in [5.74, 6) is 1.76. The first-order valence-corrected chi connectivity index (χ1v) is 10.1. The zero-order valence-electron chi connectivity index (χ0n) is 15.8. The first-order chi connectivity index (χ1) is 12.7. The molecule has 2 bridgehead atoms. The summed E-state index contributed by atoms with van der Waals surface area (Å²) < 4.78 is 0. The molecule has 6 heteroatoms. The van der Waals surface area contributed by atoms with Gasteiger partial charge in [0.2, 0.25) is 5.91 Å². The van der Waals surface area contributed by atoms with Gasteiger partial charge in [-0.1, -0.05) is 0 Å². The van der Waals surface area contributed by atoms with Crippen LogP contribution in [0, 0.1) is 5.92 Å². The molecule has 2 atom stereocenters. The SMILES string of the molecule is CN1CCN(c2cc(CNC(=O)CC3CC4CCC(C3)N4)ccn2)CC1. The summed E-state index contributed by atoms with van der Waals surface area (Å²) in [6, 6.07) is 5.43. The summed E-state index contributed by atoms with van der Waals surface area (Å²) >= 11 is 0. The third-order valence-corrected chi connectivity index (χ3v) is 6.17. The van der Waals surface area contributed by atoms with Gasteiger partial charge in [0.15, 0.2) is 0 Å². The van der Waals surface area contributed by atoms with Crippen molar-refractivity contribution < 1.29 is 4.79 Å². The molecule has 1 amide bonds. The molecule has 0 aromatic carbocycles. The van der Waals surface area contributed by atoms with Gasteiger partial charge < -0.3 is 20.4 Å². The van der Waals surface area contributed by atoms with Crippen molar-refractivity contribution in [1.29, 1.82) is 0 Å². The van der Waals surface area contributed by atoms with E-state index in [0.29, 0.717) is 31.0 Å². The van der Waals surface area contributed by atoms with Crippen LogP contribution in [-0.2, 0) is 11.3 Å². The molecule has 0 spiro atoms. The van der Waals surface area contributed by atoms with Crippen molar-refractivity contribution in [2.45, 2.75) is 50.7 Å². The van der Waals surface area contributed by atoms with Crippen LogP contribution in [-0.4, -0.2) is 61.1 Å². The predicted molar refractivity (Wildman–Crippen MR) is 103 cm³/mol. The van der Waals surface area contributed by atoms with Crippen molar-refractivity contribution in [3.05, 3.63) is 23.9 Å². The number of nitrogens with zero attached hydrogens (tertiary/aromatic N) is 3. The van der Waals surface area contributed by atoms with E-state index in [9.17, 15) is 4.79 Å². The monoisotopic (exact) mass is 357 g/mol. The van der Waals surface area contributed by atoms with E-state index in [1.54, 1.807) is 0 Å². The van der Waals surface area contributed by atoms with Gasteiger partial charge in [0.05, 0.1) is 0 Å². The van der Waals surface area contributed by atoms with Crippen LogP contribution >= 0.6 is 0 Å². The van der Waals surface area contributed by atoms with Gasteiger partial charge in [0.1, 0.15) is 5.82 Å². The van der Waals surface area contributed by atoms with Crippen LogP contribution in [0.1, 0.15) is 37.7 Å². The lowest BCUT2D eigenvalue weighted by Gasteiger charge is -2.33. The van der Waals surface area contributed by atoms with Crippen molar-refractivity contribution in [1.82, 2.24) is 20.5 Å². The molecule has 26 heavy (non-hydrogen) atoms. The standard InChI is InChI=1S/C20H31N5O/c1-24-6-8-25(9-7-24)19-12-15(4-5-21-19)14-22-20(26)13-16-10-17-2-3-18(11-16)23-17/h4-5,12,16-18,23H,2-3,6-11,13-14H2,1H3,(H,22,26). The maximum absolute atomic E-state index is 12.4. The van der Waals surface area contributed by atoms with Gasteiger partial charge in [-0.2, -0.15) is 0 Å². The molecular formula is C20H31N5O. The molecule has 3 saturated heterocycles. The van der Waals surface area contributed by atoms with Crippen LogP contribution in [0.3, 0.4) is 0 Å². The fraction of sp³-hybridized carbons (Fsp3) is 0.700. The molecule has 2 unspecified atom stereocenters. The number of carbonyl (C=O) groups is 1. The minimum Gasteiger partial charge on any atom is -0.354 e. The van der Waals surface area contributed by atoms with Crippen LogP contribution in [0.25, 0.3) is 0 Å². The van der Waals surface area contributed by atoms with Crippen molar-refractivity contribution in [2.75, 3.05) is 38.1 Å². The Bertz CT molecular complexity index is 616. The van der Waals surface area contributed by atoms with Gasteiger partial charge in [0, 0.05) is 57.4 Å². The number of likely N-dealkylation sites (N-methyl/N-ethyl adjacent to an activating group) is 1. The Kier molecular flexibility index (Phi) is 5.41. The molecule has 0 radical (unpaired) electrons. The normalized spacial score (nSPS) is 29.0. The highest BCUT2D eigenvalue weighted by molar-refractivity contribution is 5.76. The van der Waals surface area contributed by atoms with E-state index in [0.717, 1.165) is 50.4 Å². The molecule has 4 heterocycles. The quantitative estimate of drug-likeness (QED) is 0.834. The smallest absolute Gasteiger partial charge is 0.220 e. The van der Waals surface area contributed by atoms with Crippen molar-refractivity contribution in [3.63, 3.8) is 0 Å². The third kappa shape index (κ3) is 4.35. The van der Waals surface area contributed by atoms with E-state index in [4.69, 9.17) is 0 Å². The number of pyridine rings is 1. The molecule has 3 aliphatic heterocycles. The highest BCUT2D eigenvalue weighted by Crippen LogP contribution is 2.32. The highest BCUT2D eigenvalue weighted by atomic mass is 16.1. The van der Waals surface area contributed by atoms with Gasteiger partial charge in [-0.15, -0.1) is 0 Å². The summed E-state index contributed by atoms with van der Waals surface area (Å²) in [6.45, 7) is 4.76. The number of amides is 1. The average molecular weight is 358 g/mol. The number of rotatable bonds is 5.